The standard InChI is InChI=1S/C36H68O6/c1-4-7-10-13-15-17-19-21-24-27-30-36(39)42-33(31-40-34(37)28-25-22-12-9-6-3)32-41-35(38)29-26-23-20-18-16-14-11-8-5-2/h33H,4-32H2,1-3H3/t33-/m0/s1. The summed E-state index contributed by atoms with van der Waals surface area (Å²) in [6, 6.07) is 0. The van der Waals surface area contributed by atoms with E-state index in [0.717, 1.165) is 64.2 Å². The second-order valence-electron chi connectivity index (χ2n) is 12.2. The second-order valence-corrected chi connectivity index (χ2v) is 12.2. The van der Waals surface area contributed by atoms with E-state index in [2.05, 4.69) is 20.8 Å². The van der Waals surface area contributed by atoms with Crippen LogP contribution in [0.1, 0.15) is 194 Å². The number of ether oxygens (including phenoxy) is 3. The molecule has 0 aromatic rings. The van der Waals surface area contributed by atoms with Crippen LogP contribution in [-0.2, 0) is 28.6 Å². The highest BCUT2D eigenvalue weighted by Crippen LogP contribution is 2.14. The van der Waals surface area contributed by atoms with Gasteiger partial charge < -0.3 is 14.2 Å². The molecule has 0 amide bonds. The molecule has 0 heterocycles. The molecular weight excluding hydrogens is 528 g/mol. The van der Waals surface area contributed by atoms with Gasteiger partial charge in [0, 0.05) is 19.3 Å². The summed E-state index contributed by atoms with van der Waals surface area (Å²) in [5, 5.41) is 0. The van der Waals surface area contributed by atoms with Crippen molar-refractivity contribution >= 4 is 17.9 Å². The maximum atomic E-state index is 12.5. The zero-order valence-electron chi connectivity index (χ0n) is 28.0. The zero-order valence-corrected chi connectivity index (χ0v) is 28.0. The Morgan fingerprint density at radius 3 is 0.952 bits per heavy atom. The Morgan fingerprint density at radius 1 is 0.381 bits per heavy atom. The van der Waals surface area contributed by atoms with Crippen LogP contribution in [0.15, 0.2) is 0 Å². The number of hydrogen-bond donors (Lipinski definition) is 0. The molecule has 0 saturated heterocycles. The maximum Gasteiger partial charge on any atom is 0.306 e. The van der Waals surface area contributed by atoms with Gasteiger partial charge in [0.15, 0.2) is 6.10 Å². The summed E-state index contributed by atoms with van der Waals surface area (Å²) < 4.78 is 16.4. The summed E-state index contributed by atoms with van der Waals surface area (Å²) in [7, 11) is 0. The van der Waals surface area contributed by atoms with Gasteiger partial charge in [-0.3, -0.25) is 14.4 Å². The molecule has 0 aliphatic heterocycles. The molecule has 0 saturated carbocycles. The normalized spacial score (nSPS) is 11.8. The first kappa shape index (κ1) is 40.4. The molecule has 42 heavy (non-hydrogen) atoms. The fraction of sp³-hybridized carbons (Fsp3) is 0.917. The molecule has 0 radical (unpaired) electrons. The van der Waals surface area contributed by atoms with Crippen molar-refractivity contribution in [2.24, 2.45) is 0 Å². The van der Waals surface area contributed by atoms with E-state index in [1.54, 1.807) is 0 Å². The van der Waals surface area contributed by atoms with E-state index < -0.39 is 6.10 Å². The molecule has 0 bridgehead atoms. The fourth-order valence-electron chi connectivity index (χ4n) is 5.09. The molecule has 0 spiro atoms. The van der Waals surface area contributed by atoms with Gasteiger partial charge in [-0.1, -0.05) is 156 Å². The summed E-state index contributed by atoms with van der Waals surface area (Å²) in [6.45, 7) is 6.50. The summed E-state index contributed by atoms with van der Waals surface area (Å²) in [6.07, 6.45) is 28.3. The molecule has 0 N–H and O–H groups in total. The Bertz CT molecular complexity index is 620. The van der Waals surface area contributed by atoms with Crippen molar-refractivity contribution in [2.75, 3.05) is 13.2 Å². The molecule has 0 aliphatic carbocycles. The molecule has 6 heteroatoms. The first-order valence-corrected chi connectivity index (χ1v) is 18.0. The van der Waals surface area contributed by atoms with Crippen molar-refractivity contribution in [3.63, 3.8) is 0 Å². The number of hydrogen-bond acceptors (Lipinski definition) is 6. The number of unbranched alkanes of at least 4 members (excludes halogenated alkanes) is 21. The van der Waals surface area contributed by atoms with Crippen molar-refractivity contribution in [2.45, 2.75) is 200 Å². The quantitative estimate of drug-likeness (QED) is 0.0436. The molecular formula is C36H68O6. The lowest BCUT2D eigenvalue weighted by molar-refractivity contribution is -0.167. The van der Waals surface area contributed by atoms with Gasteiger partial charge in [0.25, 0.3) is 0 Å². The second kappa shape index (κ2) is 32.3. The number of rotatable bonds is 32. The van der Waals surface area contributed by atoms with E-state index in [1.807, 2.05) is 0 Å². The lowest BCUT2D eigenvalue weighted by atomic mass is 10.1. The Kier molecular flexibility index (Phi) is 31.1. The van der Waals surface area contributed by atoms with Gasteiger partial charge in [-0.05, 0) is 19.3 Å². The third-order valence-electron chi connectivity index (χ3n) is 7.86. The molecule has 0 aromatic carbocycles. The van der Waals surface area contributed by atoms with E-state index >= 15 is 0 Å². The van der Waals surface area contributed by atoms with Gasteiger partial charge in [0.2, 0.25) is 0 Å². The minimum Gasteiger partial charge on any atom is -0.462 e. The monoisotopic (exact) mass is 597 g/mol. The molecule has 6 nitrogen and oxygen atoms in total. The number of esters is 3. The lowest BCUT2D eigenvalue weighted by Gasteiger charge is -2.18. The van der Waals surface area contributed by atoms with Crippen molar-refractivity contribution < 1.29 is 28.6 Å². The van der Waals surface area contributed by atoms with Gasteiger partial charge in [0.05, 0.1) is 0 Å². The Balaban J connectivity index is 4.30. The molecule has 1 atom stereocenters. The van der Waals surface area contributed by atoms with Crippen LogP contribution in [0, 0.1) is 0 Å². The van der Waals surface area contributed by atoms with E-state index in [4.69, 9.17) is 14.2 Å². The van der Waals surface area contributed by atoms with Crippen molar-refractivity contribution in [1.29, 1.82) is 0 Å². The zero-order chi connectivity index (χ0) is 30.9. The molecule has 0 fully saturated rings. The van der Waals surface area contributed by atoms with Gasteiger partial charge in [0.1, 0.15) is 13.2 Å². The minimum absolute atomic E-state index is 0.0657. The predicted molar refractivity (Wildman–Crippen MR) is 173 cm³/mol. The number of carbonyl (C=O) groups excluding carboxylic acids is 3. The maximum absolute atomic E-state index is 12.5. The molecule has 248 valence electrons. The van der Waals surface area contributed by atoms with Crippen LogP contribution in [0.5, 0.6) is 0 Å². The summed E-state index contributed by atoms with van der Waals surface area (Å²) in [5.41, 5.74) is 0. The Labute approximate surface area is 259 Å². The van der Waals surface area contributed by atoms with Crippen molar-refractivity contribution in [1.82, 2.24) is 0 Å². The SMILES string of the molecule is CCCCCCCCCCCCC(=O)O[C@@H](COC(=O)CCCCCCC)COC(=O)CCCCCCCCCCC. The van der Waals surface area contributed by atoms with E-state index in [9.17, 15) is 14.4 Å². The van der Waals surface area contributed by atoms with Crippen LogP contribution < -0.4 is 0 Å². The highest BCUT2D eigenvalue weighted by molar-refractivity contribution is 5.71. The summed E-state index contributed by atoms with van der Waals surface area (Å²) >= 11 is 0. The first-order chi connectivity index (χ1) is 20.5. The van der Waals surface area contributed by atoms with Gasteiger partial charge in [-0.2, -0.15) is 0 Å². The van der Waals surface area contributed by atoms with E-state index in [0.29, 0.717) is 19.3 Å². The predicted octanol–water partition coefficient (Wildman–Crippen LogP) is 10.6. The molecule has 0 rings (SSSR count). The number of carbonyl (C=O) groups is 3. The first-order valence-electron chi connectivity index (χ1n) is 18.0. The smallest absolute Gasteiger partial charge is 0.306 e. The average Bonchev–Trinajstić information content (AvgIpc) is 2.98. The Morgan fingerprint density at radius 2 is 0.643 bits per heavy atom. The molecule has 0 unspecified atom stereocenters. The summed E-state index contributed by atoms with van der Waals surface area (Å²) in [4.78, 5) is 37.0. The van der Waals surface area contributed by atoms with Crippen LogP contribution in [-0.4, -0.2) is 37.2 Å². The highest BCUT2D eigenvalue weighted by atomic mass is 16.6. The topological polar surface area (TPSA) is 78.9 Å². The lowest BCUT2D eigenvalue weighted by Crippen LogP contribution is -2.30. The van der Waals surface area contributed by atoms with Gasteiger partial charge >= 0.3 is 17.9 Å². The summed E-state index contributed by atoms with van der Waals surface area (Å²) in [5.74, 6) is -0.885. The largest absolute Gasteiger partial charge is 0.462 e. The molecule has 0 aromatic heterocycles. The van der Waals surface area contributed by atoms with Crippen LogP contribution in [0.3, 0.4) is 0 Å². The van der Waals surface area contributed by atoms with Crippen molar-refractivity contribution in [3.05, 3.63) is 0 Å². The van der Waals surface area contributed by atoms with Crippen LogP contribution in [0.4, 0.5) is 0 Å². The fourth-order valence-corrected chi connectivity index (χ4v) is 5.09. The van der Waals surface area contributed by atoms with Crippen LogP contribution in [0.2, 0.25) is 0 Å². The van der Waals surface area contributed by atoms with E-state index in [1.165, 1.54) is 89.9 Å². The van der Waals surface area contributed by atoms with E-state index in [-0.39, 0.29) is 31.1 Å². The van der Waals surface area contributed by atoms with Gasteiger partial charge in [-0.15, -0.1) is 0 Å². The van der Waals surface area contributed by atoms with Crippen LogP contribution in [0.25, 0.3) is 0 Å². The highest BCUT2D eigenvalue weighted by Gasteiger charge is 2.19. The van der Waals surface area contributed by atoms with Crippen LogP contribution >= 0.6 is 0 Å². The van der Waals surface area contributed by atoms with Crippen molar-refractivity contribution in [3.8, 4) is 0 Å². The van der Waals surface area contributed by atoms with Gasteiger partial charge in [-0.25, -0.2) is 0 Å². The average molecular weight is 597 g/mol. The third kappa shape index (κ3) is 29.9. The Hall–Kier alpha value is -1.59. The molecule has 0 aliphatic rings. The minimum atomic E-state index is -0.753. The third-order valence-corrected chi connectivity index (χ3v) is 7.86.